The van der Waals surface area contributed by atoms with Crippen LogP contribution in [0, 0.1) is 12.7 Å². The van der Waals surface area contributed by atoms with Crippen LogP contribution in [0.1, 0.15) is 28.1 Å². The zero-order valence-corrected chi connectivity index (χ0v) is 18.0. The molecule has 1 fully saturated rings. The second-order valence-electron chi connectivity index (χ2n) is 7.03. The summed E-state index contributed by atoms with van der Waals surface area (Å²) < 4.78 is 42.0. The Balaban J connectivity index is 1.66. The molecule has 31 heavy (non-hydrogen) atoms. The van der Waals surface area contributed by atoms with Crippen LogP contribution in [0.3, 0.4) is 0 Å². The van der Waals surface area contributed by atoms with Gasteiger partial charge in [0.1, 0.15) is 39.5 Å². The van der Waals surface area contributed by atoms with Gasteiger partial charge in [-0.25, -0.2) is 23.4 Å². The monoisotopic (exact) mass is 466 g/mol. The van der Waals surface area contributed by atoms with Gasteiger partial charge < -0.3 is 15.2 Å². The summed E-state index contributed by atoms with van der Waals surface area (Å²) in [5.41, 5.74) is 0.972. The molecular formula is C19H19FN4O5S2. The normalized spacial score (nSPS) is 18.1. The van der Waals surface area contributed by atoms with Crippen molar-refractivity contribution in [2.75, 3.05) is 18.4 Å². The Kier molecular flexibility index (Phi) is 6.14. The fraction of sp³-hybridized carbons (Fsp3) is 0.316. The molecule has 1 aliphatic heterocycles. The van der Waals surface area contributed by atoms with E-state index in [2.05, 4.69) is 15.3 Å². The van der Waals surface area contributed by atoms with Crippen LogP contribution < -0.4 is 10.1 Å². The second kappa shape index (κ2) is 8.83. The lowest BCUT2D eigenvalue weighted by atomic mass is 10.1. The maximum atomic E-state index is 14.0. The predicted octanol–water partition coefficient (Wildman–Crippen LogP) is 3.56. The molecule has 0 aliphatic carbocycles. The lowest BCUT2D eigenvalue weighted by molar-refractivity contribution is 0.0701. The van der Waals surface area contributed by atoms with Gasteiger partial charge in [-0.15, -0.1) is 11.3 Å². The third-order valence-corrected chi connectivity index (χ3v) is 6.93. The van der Waals surface area contributed by atoms with Crippen molar-refractivity contribution in [1.29, 1.82) is 0 Å². The zero-order chi connectivity index (χ0) is 22.1. The summed E-state index contributed by atoms with van der Waals surface area (Å²) in [7, 11) is 0. The molecule has 1 aliphatic rings. The van der Waals surface area contributed by atoms with Crippen molar-refractivity contribution in [3.63, 3.8) is 0 Å². The van der Waals surface area contributed by atoms with E-state index in [0.717, 1.165) is 11.3 Å². The molecule has 0 spiro atoms. The number of hydrogen-bond acceptors (Lipinski definition) is 7. The molecule has 164 valence electrons. The van der Waals surface area contributed by atoms with Crippen molar-refractivity contribution < 1.29 is 27.8 Å². The largest absolute Gasteiger partial charge is 0.487 e. The highest BCUT2D eigenvalue weighted by atomic mass is 32.2. The van der Waals surface area contributed by atoms with E-state index in [1.165, 1.54) is 28.8 Å². The van der Waals surface area contributed by atoms with E-state index < -0.39 is 23.1 Å². The molecule has 3 heterocycles. The van der Waals surface area contributed by atoms with Crippen LogP contribution >= 0.6 is 11.3 Å². The first-order valence-electron chi connectivity index (χ1n) is 9.40. The van der Waals surface area contributed by atoms with Gasteiger partial charge in [-0.3, -0.25) is 4.55 Å². The van der Waals surface area contributed by atoms with Crippen LogP contribution in [0.25, 0.3) is 10.2 Å². The van der Waals surface area contributed by atoms with Gasteiger partial charge in [0.2, 0.25) is 11.3 Å². The van der Waals surface area contributed by atoms with Gasteiger partial charge >= 0.3 is 5.97 Å². The number of rotatable bonds is 6. The van der Waals surface area contributed by atoms with Gasteiger partial charge in [-0.1, -0.05) is 0 Å². The Morgan fingerprint density at radius 1 is 1.42 bits per heavy atom. The Morgan fingerprint density at radius 2 is 2.23 bits per heavy atom. The second-order valence-corrected chi connectivity index (χ2v) is 9.01. The Labute approximate surface area is 183 Å². The molecule has 9 nitrogen and oxygen atoms in total. The number of anilines is 2. The van der Waals surface area contributed by atoms with Gasteiger partial charge in [0.15, 0.2) is 0 Å². The van der Waals surface area contributed by atoms with Gasteiger partial charge in [0.05, 0.1) is 17.6 Å². The van der Waals surface area contributed by atoms with Crippen LogP contribution in [0.2, 0.25) is 0 Å². The molecule has 4 rings (SSSR count). The molecule has 2 aromatic heterocycles. The molecule has 0 saturated carbocycles. The molecule has 0 amide bonds. The van der Waals surface area contributed by atoms with E-state index >= 15 is 0 Å². The average molecular weight is 467 g/mol. The molecular weight excluding hydrogens is 447 g/mol. The highest BCUT2D eigenvalue weighted by molar-refractivity contribution is 7.76. The van der Waals surface area contributed by atoms with Crippen LogP contribution in [0.15, 0.2) is 24.5 Å². The third-order valence-electron chi connectivity index (χ3n) is 4.97. The van der Waals surface area contributed by atoms with Crippen LogP contribution in [-0.2, 0) is 11.3 Å². The number of nitrogens with zero attached hydrogens (tertiary/aromatic N) is 3. The number of halogens is 1. The number of carboxylic acids is 1. The van der Waals surface area contributed by atoms with E-state index in [4.69, 9.17) is 4.74 Å². The highest BCUT2D eigenvalue weighted by Gasteiger charge is 2.26. The number of hydrogen-bond donors (Lipinski definition) is 3. The van der Waals surface area contributed by atoms with Crippen LogP contribution in [0.4, 0.5) is 15.9 Å². The number of nitrogens with one attached hydrogen (secondary N) is 1. The lowest BCUT2D eigenvalue weighted by Crippen LogP contribution is -2.41. The molecule has 3 N–H and O–H groups in total. The summed E-state index contributed by atoms with van der Waals surface area (Å²) in [6.07, 6.45) is 2.27. The number of carbonyl (C=O) groups is 1. The highest BCUT2D eigenvalue weighted by Crippen LogP contribution is 2.37. The average Bonchev–Trinajstić information content (AvgIpc) is 3.08. The van der Waals surface area contributed by atoms with Gasteiger partial charge in [-0.2, -0.15) is 4.31 Å². The maximum absolute atomic E-state index is 14.0. The van der Waals surface area contributed by atoms with E-state index in [0.29, 0.717) is 46.7 Å². The topological polar surface area (TPSA) is 125 Å². The molecule has 0 radical (unpaired) electrons. The Bertz CT molecular complexity index is 1170. The van der Waals surface area contributed by atoms with Crippen molar-refractivity contribution in [2.45, 2.75) is 25.9 Å². The van der Waals surface area contributed by atoms with E-state index in [-0.39, 0.29) is 23.3 Å². The zero-order valence-electron chi connectivity index (χ0n) is 16.4. The number of aromatic nitrogens is 2. The summed E-state index contributed by atoms with van der Waals surface area (Å²) >= 11 is -1.04. The van der Waals surface area contributed by atoms with Gasteiger partial charge in [0, 0.05) is 12.6 Å². The number of fused-ring (bicyclic) bond motifs is 1. The molecule has 12 heteroatoms. The molecule has 1 unspecified atom stereocenters. The van der Waals surface area contributed by atoms with Crippen molar-refractivity contribution in [3.05, 3.63) is 40.8 Å². The predicted molar refractivity (Wildman–Crippen MR) is 115 cm³/mol. The van der Waals surface area contributed by atoms with Crippen molar-refractivity contribution in [1.82, 2.24) is 14.3 Å². The first kappa shape index (κ1) is 21.6. The standard InChI is InChI=1S/C19H19FN4O5S2/c1-10-15-17(21-9-22-18(15)30-16(10)19(25)26)23-13-5-4-11(20)7-14(13)29-12-3-2-6-24(8-12)31(27)28/h4-5,7,9,12H,2-3,6,8H2,1H3,(H,25,26)(H,27,28)(H,21,22,23)/t12-/m0/s1. The van der Waals surface area contributed by atoms with Crippen molar-refractivity contribution in [3.8, 4) is 5.75 Å². The number of aromatic carboxylic acids is 1. The Morgan fingerprint density at radius 3 is 2.97 bits per heavy atom. The van der Waals surface area contributed by atoms with E-state index in [1.54, 1.807) is 6.92 Å². The smallest absolute Gasteiger partial charge is 0.346 e. The fourth-order valence-electron chi connectivity index (χ4n) is 3.52. The number of ether oxygens (including phenoxy) is 1. The van der Waals surface area contributed by atoms with Crippen LogP contribution in [-0.4, -0.2) is 53.3 Å². The molecule has 1 saturated heterocycles. The minimum absolute atomic E-state index is 0.174. The first-order chi connectivity index (χ1) is 14.8. The summed E-state index contributed by atoms with van der Waals surface area (Å²) in [5.74, 6) is -0.926. The fourth-order valence-corrected chi connectivity index (χ4v) is 5.08. The van der Waals surface area contributed by atoms with Crippen molar-refractivity contribution >= 4 is 50.3 Å². The van der Waals surface area contributed by atoms with Crippen molar-refractivity contribution in [2.24, 2.45) is 0 Å². The minimum atomic E-state index is -2.09. The number of carboxylic acid groups (broad SMARTS) is 1. The quantitative estimate of drug-likeness (QED) is 0.471. The number of benzene rings is 1. The minimum Gasteiger partial charge on any atom is -0.487 e. The molecule has 0 bridgehead atoms. The third kappa shape index (κ3) is 4.51. The van der Waals surface area contributed by atoms with Crippen LogP contribution in [0.5, 0.6) is 5.75 Å². The number of thiophene rings is 1. The van der Waals surface area contributed by atoms with E-state index in [1.807, 2.05) is 0 Å². The molecule has 1 aromatic carbocycles. The summed E-state index contributed by atoms with van der Waals surface area (Å²) in [5, 5.41) is 13.1. The van der Waals surface area contributed by atoms with Gasteiger partial charge in [0.25, 0.3) is 0 Å². The summed E-state index contributed by atoms with van der Waals surface area (Å²) in [6.45, 7) is 2.41. The summed E-state index contributed by atoms with van der Waals surface area (Å²) in [4.78, 5) is 20.6. The van der Waals surface area contributed by atoms with E-state index in [9.17, 15) is 23.1 Å². The Hall–Kier alpha value is -2.67. The molecule has 3 aromatic rings. The summed E-state index contributed by atoms with van der Waals surface area (Å²) in [6, 6.07) is 4.01. The molecule has 2 atom stereocenters. The van der Waals surface area contributed by atoms with Gasteiger partial charge in [-0.05, 0) is 37.5 Å². The lowest BCUT2D eigenvalue weighted by Gasteiger charge is -2.30. The maximum Gasteiger partial charge on any atom is 0.346 e. The number of aryl methyl sites for hydroxylation is 1. The first-order valence-corrected chi connectivity index (χ1v) is 11.3. The number of piperidine rings is 1. The SMILES string of the molecule is Cc1c(C(=O)O)sc2ncnc(Nc3ccc(F)cc3O[C@H]3CCCN(S(=O)O)C3)c12.